The summed E-state index contributed by atoms with van der Waals surface area (Å²) in [6.07, 6.45) is 1.12. The molecule has 2 aromatic rings. The Morgan fingerprint density at radius 2 is 2.05 bits per heavy atom. The molecular weight excluding hydrogens is 509 g/mol. The average molecular weight is 551 g/mol. The molecular formula is C25H40N7O5P. The number of H-pyrrole nitrogens is 1. The Balaban J connectivity index is 1.98. The van der Waals surface area contributed by atoms with Crippen molar-refractivity contribution in [1.82, 2.24) is 24.2 Å². The minimum absolute atomic E-state index is 0.0472. The van der Waals surface area contributed by atoms with Gasteiger partial charge >= 0.3 is 0 Å². The molecule has 38 heavy (non-hydrogen) atoms. The average Bonchev–Trinajstić information content (AvgIpc) is 3.44. The number of ether oxygens (including phenoxy) is 1. The molecule has 5 atom stereocenters. The summed E-state index contributed by atoms with van der Waals surface area (Å²) in [4.78, 5) is 39.7. The molecule has 0 spiro atoms. The van der Waals surface area contributed by atoms with Gasteiger partial charge in [0, 0.05) is 26.5 Å². The second kappa shape index (κ2) is 13.1. The topological polar surface area (TPSA) is 128 Å². The number of nitrogens with one attached hydrogen (secondary N) is 2. The number of amides is 1. The summed E-state index contributed by atoms with van der Waals surface area (Å²) in [7, 11) is 0.0516. The quantitative estimate of drug-likeness (QED) is 0.231. The molecule has 0 radical (unpaired) electrons. The number of carbonyl (C=O) groups is 1. The third-order valence-corrected chi connectivity index (χ3v) is 8.53. The smallest absolute Gasteiger partial charge is 0.280 e. The number of aromatic nitrogens is 4. The lowest BCUT2D eigenvalue weighted by molar-refractivity contribution is -0.118. The molecule has 1 aliphatic rings. The Kier molecular flexibility index (Phi) is 9.85. The molecule has 0 aliphatic heterocycles. The Bertz CT molecular complexity index is 1210. The number of nitrogens with zero attached hydrogens (tertiary/aromatic N) is 5. The van der Waals surface area contributed by atoms with E-state index in [9.17, 15) is 9.59 Å². The zero-order chi connectivity index (χ0) is 28.9. The van der Waals surface area contributed by atoms with E-state index < -0.39 is 26.3 Å². The number of hydrogen-bond donors (Lipinski definition) is 2. The van der Waals surface area contributed by atoms with Gasteiger partial charge in [-0.05, 0) is 40.0 Å². The van der Waals surface area contributed by atoms with Crippen LogP contribution in [0.5, 0.6) is 0 Å². The number of fused-ring (bicyclic) bond motifs is 1. The van der Waals surface area contributed by atoms with Crippen molar-refractivity contribution in [2.75, 3.05) is 25.6 Å². The molecule has 12 nitrogen and oxygen atoms in total. The van der Waals surface area contributed by atoms with E-state index in [1.807, 2.05) is 0 Å². The van der Waals surface area contributed by atoms with E-state index >= 15 is 0 Å². The molecule has 0 saturated heterocycles. The zero-order valence-corrected chi connectivity index (χ0v) is 24.1. The van der Waals surface area contributed by atoms with Crippen LogP contribution in [0.15, 0.2) is 11.1 Å². The maximum atomic E-state index is 12.7. The zero-order valence-electron chi connectivity index (χ0n) is 24.2. The Morgan fingerprint density at radius 3 is 2.63 bits per heavy atom. The van der Waals surface area contributed by atoms with Crippen LogP contribution in [-0.4, -0.2) is 74.6 Å². The molecule has 1 saturated carbocycles. The van der Waals surface area contributed by atoms with Gasteiger partial charge in [-0.2, -0.15) is 4.98 Å². The number of carbonyl (C=O) groups excluding carboxylic acids is 1. The summed E-state index contributed by atoms with van der Waals surface area (Å²) in [6.45, 7) is 19.5. The van der Waals surface area contributed by atoms with Crippen molar-refractivity contribution in [2.24, 2.45) is 11.8 Å². The summed E-state index contributed by atoms with van der Waals surface area (Å²) < 4.78 is 31.0. The number of rotatable bonds is 12. The maximum Gasteiger partial charge on any atom is 0.280 e. The van der Waals surface area contributed by atoms with Crippen LogP contribution in [0.2, 0.25) is 0 Å². The van der Waals surface area contributed by atoms with E-state index in [0.717, 1.165) is 0 Å². The van der Waals surface area contributed by atoms with Gasteiger partial charge in [0.2, 0.25) is 18.4 Å². The fourth-order valence-corrected chi connectivity index (χ4v) is 6.45. The number of hydrogen-bond acceptors (Lipinski definition) is 8. The SMILES string of the molecule is [2H]C[C@H]1C[C@@H](n2cnc3c(=O)[nH]c(NC(=O)C(C)C)nc32)[C@H](OC)[C@@H]1OP(OCC[N+]#[C-])N(C(C)C)C(C)C. The third kappa shape index (κ3) is 6.58. The normalized spacial score (nSPS) is 22.9. The van der Waals surface area contributed by atoms with Gasteiger partial charge in [-0.3, -0.25) is 19.9 Å². The number of anilines is 1. The summed E-state index contributed by atoms with van der Waals surface area (Å²) in [5, 5.41) is 2.65. The highest BCUT2D eigenvalue weighted by Gasteiger charge is 2.46. The molecule has 2 aromatic heterocycles. The van der Waals surface area contributed by atoms with Gasteiger partial charge in [0.1, 0.15) is 12.7 Å². The maximum absolute atomic E-state index is 12.7. The van der Waals surface area contributed by atoms with Crippen LogP contribution in [-0.2, 0) is 18.6 Å². The molecule has 1 fully saturated rings. The fraction of sp³-hybridized carbons (Fsp3) is 0.720. The third-order valence-electron chi connectivity index (χ3n) is 6.40. The van der Waals surface area contributed by atoms with E-state index in [4.69, 9.17) is 21.7 Å². The molecule has 13 heteroatoms. The van der Waals surface area contributed by atoms with Gasteiger partial charge in [0.15, 0.2) is 11.2 Å². The van der Waals surface area contributed by atoms with Crippen LogP contribution < -0.4 is 10.9 Å². The van der Waals surface area contributed by atoms with Gasteiger partial charge < -0.3 is 23.2 Å². The highest BCUT2D eigenvalue weighted by atomic mass is 31.2. The van der Waals surface area contributed by atoms with E-state index in [2.05, 4.69) is 57.5 Å². The van der Waals surface area contributed by atoms with E-state index in [-0.39, 0.29) is 67.4 Å². The Hall–Kier alpha value is -2.42. The lowest BCUT2D eigenvalue weighted by atomic mass is 10.1. The van der Waals surface area contributed by atoms with Crippen LogP contribution in [0.3, 0.4) is 0 Å². The van der Waals surface area contributed by atoms with E-state index in [0.29, 0.717) is 12.1 Å². The summed E-state index contributed by atoms with van der Waals surface area (Å²) in [5.74, 6) is -0.697. The number of imidazole rings is 1. The van der Waals surface area contributed by atoms with Gasteiger partial charge in [-0.25, -0.2) is 16.2 Å². The van der Waals surface area contributed by atoms with Crippen molar-refractivity contribution in [2.45, 2.75) is 85.2 Å². The first-order valence-corrected chi connectivity index (χ1v) is 14.0. The monoisotopic (exact) mass is 550 g/mol. The molecule has 0 aromatic carbocycles. The predicted octanol–water partition coefficient (Wildman–Crippen LogP) is 3.98. The first-order chi connectivity index (χ1) is 18.5. The summed E-state index contributed by atoms with van der Waals surface area (Å²) in [6, 6.07) is -0.0654. The highest BCUT2D eigenvalue weighted by Crippen LogP contribution is 2.52. The second-order valence-electron chi connectivity index (χ2n) is 10.2. The van der Waals surface area contributed by atoms with Gasteiger partial charge in [-0.15, -0.1) is 0 Å². The van der Waals surface area contributed by atoms with E-state index in [1.54, 1.807) is 31.9 Å². The lowest BCUT2D eigenvalue weighted by Gasteiger charge is -2.38. The van der Waals surface area contributed by atoms with Crippen LogP contribution in [0.25, 0.3) is 16.0 Å². The predicted molar refractivity (Wildman–Crippen MR) is 147 cm³/mol. The first-order valence-electron chi connectivity index (χ1n) is 13.6. The number of aromatic amines is 1. The van der Waals surface area contributed by atoms with Gasteiger partial charge in [0.05, 0.1) is 18.5 Å². The molecule has 2 N–H and O–H groups in total. The minimum atomic E-state index is -1.54. The van der Waals surface area contributed by atoms with Crippen LogP contribution in [0, 0.1) is 18.4 Å². The second-order valence-corrected chi connectivity index (χ2v) is 11.6. The highest BCUT2D eigenvalue weighted by molar-refractivity contribution is 7.44. The molecule has 3 rings (SSSR count). The molecule has 1 aliphatic carbocycles. The fourth-order valence-electron chi connectivity index (χ4n) is 4.66. The lowest BCUT2D eigenvalue weighted by Crippen LogP contribution is -2.38. The van der Waals surface area contributed by atoms with Crippen molar-refractivity contribution in [3.8, 4) is 0 Å². The van der Waals surface area contributed by atoms with Crippen LogP contribution >= 0.6 is 8.53 Å². The first kappa shape index (κ1) is 28.6. The van der Waals surface area contributed by atoms with Crippen molar-refractivity contribution in [3.05, 3.63) is 28.1 Å². The Labute approximate surface area is 226 Å². The minimum Gasteiger partial charge on any atom is -0.377 e. The molecule has 2 heterocycles. The van der Waals surface area contributed by atoms with Crippen molar-refractivity contribution < 1.29 is 19.9 Å². The standard InChI is InChI=1S/C25H40N7O5P/c1-14(2)23(33)29-25-28-22-19(24(34)30-25)27-13-31(22)18-12-17(7)20(21(18)35-9)37-38(36-11-10-26-8)32(15(3)4)16(5)6/h13-18,20-21H,10-12H2,1-7,9H3,(H2,28,29,30,33,34)/t17-,18+,20+,21-,38?/m0/s1/i7D. The largest absolute Gasteiger partial charge is 0.377 e. The molecule has 210 valence electrons. The van der Waals surface area contributed by atoms with Crippen molar-refractivity contribution in [3.63, 3.8) is 0 Å². The summed E-state index contributed by atoms with van der Waals surface area (Å²) >= 11 is 0. The van der Waals surface area contributed by atoms with Crippen molar-refractivity contribution in [1.29, 1.82) is 0 Å². The number of methoxy groups -OCH3 is 1. The van der Waals surface area contributed by atoms with Crippen LogP contribution in [0.4, 0.5) is 5.95 Å². The van der Waals surface area contributed by atoms with Crippen molar-refractivity contribution >= 4 is 31.5 Å². The Morgan fingerprint density at radius 1 is 1.34 bits per heavy atom. The molecule has 1 unspecified atom stereocenters. The van der Waals surface area contributed by atoms with Gasteiger partial charge in [-0.1, -0.05) is 20.7 Å². The van der Waals surface area contributed by atoms with Gasteiger partial charge in [0.25, 0.3) is 14.1 Å². The summed E-state index contributed by atoms with van der Waals surface area (Å²) in [5.41, 5.74) is 0.00125. The van der Waals surface area contributed by atoms with E-state index in [1.165, 1.54) is 0 Å². The molecule has 0 bridgehead atoms. The molecule has 1 amide bonds. The van der Waals surface area contributed by atoms with Crippen LogP contribution in [0.1, 0.15) is 62.3 Å².